The van der Waals surface area contributed by atoms with Crippen molar-refractivity contribution in [3.8, 4) is 0 Å². The Morgan fingerprint density at radius 1 is 1.15 bits per heavy atom. The van der Waals surface area contributed by atoms with Gasteiger partial charge in [0, 0.05) is 12.6 Å². The van der Waals surface area contributed by atoms with Gasteiger partial charge in [-0.3, -0.25) is 0 Å². The monoisotopic (exact) mass is 295 g/mol. The minimum Gasteiger partial charge on any atom is -0.364 e. The second-order valence-electron chi connectivity index (χ2n) is 4.24. The van der Waals surface area contributed by atoms with Gasteiger partial charge in [0.05, 0.1) is 17.1 Å². The molecule has 0 spiro atoms. The summed E-state index contributed by atoms with van der Waals surface area (Å²) in [7, 11) is -3.53. The molecule has 0 aliphatic carbocycles. The summed E-state index contributed by atoms with van der Waals surface area (Å²) in [6.45, 7) is 3.73. The van der Waals surface area contributed by atoms with Gasteiger partial charge in [0.25, 0.3) is 0 Å². The third kappa shape index (κ3) is 3.89. The number of aromatic nitrogens is 1. The van der Waals surface area contributed by atoms with E-state index in [0.717, 1.165) is 18.7 Å². The van der Waals surface area contributed by atoms with Gasteiger partial charge in [-0.15, -0.1) is 0 Å². The predicted octanol–water partition coefficient (Wildman–Crippen LogP) is 1.26. The van der Waals surface area contributed by atoms with Crippen molar-refractivity contribution in [3.05, 3.63) is 47.9 Å². The smallest absolute Gasteiger partial charge is 0.240 e. The summed E-state index contributed by atoms with van der Waals surface area (Å²) in [4.78, 5) is 0.237. The van der Waals surface area contributed by atoms with E-state index in [1.54, 1.807) is 30.3 Å². The van der Waals surface area contributed by atoms with E-state index >= 15 is 0 Å². The van der Waals surface area contributed by atoms with Gasteiger partial charge in [-0.25, -0.2) is 13.1 Å². The molecule has 0 amide bonds. The molecule has 0 saturated carbocycles. The van der Waals surface area contributed by atoms with E-state index < -0.39 is 10.0 Å². The molecule has 0 atom stereocenters. The second kappa shape index (κ2) is 6.65. The second-order valence-corrected chi connectivity index (χ2v) is 6.01. The lowest BCUT2D eigenvalue weighted by Crippen LogP contribution is -2.23. The number of nitrogens with one attached hydrogen (secondary N) is 2. The van der Waals surface area contributed by atoms with Crippen LogP contribution in [-0.2, 0) is 23.1 Å². The molecular weight excluding hydrogens is 278 g/mol. The Hall–Kier alpha value is -1.70. The molecule has 0 radical (unpaired) electrons. The molecule has 0 fully saturated rings. The predicted molar refractivity (Wildman–Crippen MR) is 74.4 cm³/mol. The Kier molecular flexibility index (Phi) is 4.89. The molecule has 6 nitrogen and oxygen atoms in total. The lowest BCUT2D eigenvalue weighted by atomic mass is 10.2. The van der Waals surface area contributed by atoms with Crippen molar-refractivity contribution in [2.45, 2.75) is 24.9 Å². The fraction of sp³-hybridized carbons (Fsp3) is 0.308. The van der Waals surface area contributed by atoms with Crippen LogP contribution in [0.15, 0.2) is 46.0 Å². The molecule has 20 heavy (non-hydrogen) atoms. The van der Waals surface area contributed by atoms with Crippen LogP contribution in [0.2, 0.25) is 0 Å². The van der Waals surface area contributed by atoms with Crippen LogP contribution in [-0.4, -0.2) is 20.1 Å². The Bertz CT molecular complexity index is 621. The number of sulfonamides is 1. The molecule has 108 valence electrons. The van der Waals surface area contributed by atoms with E-state index in [2.05, 4.69) is 19.7 Å². The van der Waals surface area contributed by atoms with Gasteiger partial charge in [0.2, 0.25) is 10.0 Å². The molecule has 2 N–H and O–H groups in total. The average molecular weight is 295 g/mol. The molecule has 0 aliphatic heterocycles. The molecule has 0 unspecified atom stereocenters. The minimum atomic E-state index is -3.53. The lowest BCUT2D eigenvalue weighted by Gasteiger charge is -2.07. The van der Waals surface area contributed by atoms with Crippen molar-refractivity contribution < 1.29 is 12.9 Å². The van der Waals surface area contributed by atoms with Crippen molar-refractivity contribution >= 4 is 10.0 Å². The third-order valence-corrected chi connectivity index (χ3v) is 4.16. The van der Waals surface area contributed by atoms with E-state index in [0.29, 0.717) is 5.69 Å². The molecule has 2 aromatic rings. The average Bonchev–Trinajstić information content (AvgIpc) is 2.97. The highest BCUT2D eigenvalue weighted by molar-refractivity contribution is 7.89. The third-order valence-electron chi connectivity index (χ3n) is 2.75. The van der Waals surface area contributed by atoms with Gasteiger partial charge < -0.3 is 9.84 Å². The maximum absolute atomic E-state index is 12.1. The summed E-state index contributed by atoms with van der Waals surface area (Å²) in [6.07, 6.45) is 1.40. The Morgan fingerprint density at radius 3 is 2.50 bits per heavy atom. The van der Waals surface area contributed by atoms with E-state index in [4.69, 9.17) is 0 Å². The van der Waals surface area contributed by atoms with Gasteiger partial charge in [-0.1, -0.05) is 24.2 Å². The zero-order valence-electron chi connectivity index (χ0n) is 11.2. The summed E-state index contributed by atoms with van der Waals surface area (Å²) in [5, 5.41) is 6.83. The van der Waals surface area contributed by atoms with Crippen LogP contribution in [0.3, 0.4) is 0 Å². The van der Waals surface area contributed by atoms with Crippen LogP contribution >= 0.6 is 0 Å². The molecule has 2 rings (SSSR count). The van der Waals surface area contributed by atoms with Gasteiger partial charge in [0.15, 0.2) is 0 Å². The number of hydrogen-bond acceptors (Lipinski definition) is 5. The SMILES string of the molecule is CCNCc1ccc(S(=O)(=O)NCc2ccon2)cc1. The Labute approximate surface area is 118 Å². The van der Waals surface area contributed by atoms with E-state index in [1.807, 2.05) is 6.92 Å². The van der Waals surface area contributed by atoms with E-state index in [1.165, 1.54) is 6.26 Å². The first kappa shape index (κ1) is 14.7. The van der Waals surface area contributed by atoms with Crippen molar-refractivity contribution in [3.63, 3.8) is 0 Å². The molecule has 1 aromatic carbocycles. The zero-order valence-corrected chi connectivity index (χ0v) is 12.0. The van der Waals surface area contributed by atoms with E-state index in [9.17, 15) is 8.42 Å². The molecule has 1 aromatic heterocycles. The van der Waals surface area contributed by atoms with Crippen molar-refractivity contribution in [2.24, 2.45) is 0 Å². The number of benzene rings is 1. The first-order chi connectivity index (χ1) is 9.62. The number of nitrogens with zero attached hydrogens (tertiary/aromatic N) is 1. The van der Waals surface area contributed by atoms with Crippen LogP contribution in [0.5, 0.6) is 0 Å². The van der Waals surface area contributed by atoms with Crippen molar-refractivity contribution in [1.29, 1.82) is 0 Å². The van der Waals surface area contributed by atoms with Gasteiger partial charge in [0.1, 0.15) is 6.26 Å². The molecule has 0 bridgehead atoms. The quantitative estimate of drug-likeness (QED) is 0.803. The fourth-order valence-corrected chi connectivity index (χ4v) is 2.64. The minimum absolute atomic E-state index is 0.109. The highest BCUT2D eigenvalue weighted by Gasteiger charge is 2.14. The van der Waals surface area contributed by atoms with Crippen LogP contribution < -0.4 is 10.0 Å². The molecular formula is C13H17N3O3S. The van der Waals surface area contributed by atoms with Gasteiger partial charge in [-0.05, 0) is 24.2 Å². The summed E-state index contributed by atoms with van der Waals surface area (Å²) in [5.41, 5.74) is 1.58. The van der Waals surface area contributed by atoms with Gasteiger partial charge >= 0.3 is 0 Å². The van der Waals surface area contributed by atoms with Crippen molar-refractivity contribution in [1.82, 2.24) is 15.2 Å². The highest BCUT2D eigenvalue weighted by atomic mass is 32.2. The Morgan fingerprint density at radius 2 is 1.90 bits per heavy atom. The van der Waals surface area contributed by atoms with Crippen LogP contribution in [0, 0.1) is 0 Å². The maximum atomic E-state index is 12.1. The highest BCUT2D eigenvalue weighted by Crippen LogP contribution is 2.11. The standard InChI is InChI=1S/C13H17N3O3S/c1-2-14-9-11-3-5-13(6-4-11)20(17,18)15-10-12-7-8-19-16-12/h3-8,14-15H,2,9-10H2,1H3. The molecule has 1 heterocycles. The molecule has 0 aliphatic rings. The first-order valence-electron chi connectivity index (χ1n) is 6.30. The lowest BCUT2D eigenvalue weighted by molar-refractivity contribution is 0.411. The summed E-state index contributed by atoms with van der Waals surface area (Å²) in [6, 6.07) is 8.40. The topological polar surface area (TPSA) is 84.2 Å². The number of rotatable bonds is 7. The number of hydrogen-bond donors (Lipinski definition) is 2. The summed E-state index contributed by atoms with van der Waals surface area (Å²) < 4.78 is 31.3. The first-order valence-corrected chi connectivity index (χ1v) is 7.78. The fourth-order valence-electron chi connectivity index (χ4n) is 1.64. The maximum Gasteiger partial charge on any atom is 0.240 e. The Balaban J connectivity index is 2.01. The van der Waals surface area contributed by atoms with E-state index in [-0.39, 0.29) is 11.4 Å². The zero-order chi connectivity index (χ0) is 14.4. The largest absolute Gasteiger partial charge is 0.364 e. The van der Waals surface area contributed by atoms with Crippen LogP contribution in [0.1, 0.15) is 18.2 Å². The molecule has 0 saturated heterocycles. The summed E-state index contributed by atoms with van der Waals surface area (Å²) in [5.74, 6) is 0. The normalized spacial score (nSPS) is 11.7. The van der Waals surface area contributed by atoms with Crippen LogP contribution in [0.4, 0.5) is 0 Å². The van der Waals surface area contributed by atoms with Crippen LogP contribution in [0.25, 0.3) is 0 Å². The van der Waals surface area contributed by atoms with Gasteiger partial charge in [-0.2, -0.15) is 0 Å². The van der Waals surface area contributed by atoms with Crippen molar-refractivity contribution in [2.75, 3.05) is 6.54 Å². The summed E-state index contributed by atoms with van der Waals surface area (Å²) >= 11 is 0. The molecule has 7 heteroatoms.